The number of aliphatic carboxylic acids is 2. The molecule has 0 saturated carbocycles. The lowest BCUT2D eigenvalue weighted by Gasteiger charge is -1.82. The van der Waals surface area contributed by atoms with Gasteiger partial charge < -0.3 is 68.9 Å². The lowest BCUT2D eigenvalue weighted by molar-refractivity contribution is -0.159. The second-order valence-corrected chi connectivity index (χ2v) is 6.77. The van der Waals surface area contributed by atoms with E-state index < -0.39 is 43.2 Å². The molecular weight excluding hydrogens is 552 g/mol. The molecule has 0 spiro atoms. The van der Waals surface area contributed by atoms with Gasteiger partial charge in [-0.3, -0.25) is 0 Å². The predicted molar refractivity (Wildman–Crippen MR) is 106 cm³/mol. The minimum atomic E-state index is -4.64. The molecule has 14 N–H and O–H groups in total. The molecule has 0 atom stereocenters. The summed E-state index contributed by atoms with van der Waals surface area (Å²) in [4.78, 5) is 104. The summed E-state index contributed by atoms with van der Waals surface area (Å²) in [6.45, 7) is 0. The van der Waals surface area contributed by atoms with Gasteiger partial charge in [-0.1, -0.05) is 0 Å². The van der Waals surface area contributed by atoms with E-state index in [-0.39, 0.29) is 32.9 Å². The minimum Gasteiger partial charge on any atom is -0.473 e. The van der Waals surface area contributed by atoms with Crippen molar-refractivity contribution in [2.45, 2.75) is 0 Å². The topological polar surface area (TPSA) is 386 Å². The second-order valence-electron chi connectivity index (χ2n) is 2.66. The summed E-state index contributed by atoms with van der Waals surface area (Å²) >= 11 is 0. The number of rotatable bonds is 0. The average molecular weight is 578 g/mol. The molecule has 0 aliphatic heterocycles. The Morgan fingerprint density at radius 3 is 0.414 bits per heavy atom. The summed E-state index contributed by atoms with van der Waals surface area (Å²) in [6, 6.07) is 0. The van der Waals surface area contributed by atoms with Gasteiger partial charge in [-0.05, 0) is 32.9 Å². The lowest BCUT2D eigenvalue weighted by Crippen LogP contribution is -2.09. The van der Waals surface area contributed by atoms with Crippen molar-refractivity contribution in [2.75, 3.05) is 0 Å². The normalized spacial score (nSPS) is 9.66. The molecule has 0 aliphatic rings. The van der Waals surface area contributed by atoms with Gasteiger partial charge in [0.1, 0.15) is 0 Å². The molecular formula is C2H26O20P4Si3. The van der Waals surface area contributed by atoms with Gasteiger partial charge in [0.15, 0.2) is 0 Å². The summed E-state index contributed by atoms with van der Waals surface area (Å²) in [5.41, 5.74) is 0. The average Bonchev–Trinajstić information content (AvgIpc) is 2.04. The van der Waals surface area contributed by atoms with E-state index in [0.717, 1.165) is 0 Å². The summed E-state index contributed by atoms with van der Waals surface area (Å²) in [5, 5.41) is 14.8. The zero-order chi connectivity index (χ0) is 23.2. The van der Waals surface area contributed by atoms with Crippen molar-refractivity contribution in [3.8, 4) is 0 Å². The predicted octanol–water partition coefficient (Wildman–Crippen LogP) is -8.91. The second kappa shape index (κ2) is 22.7. The number of hydrogen-bond acceptors (Lipinski definition) is 6. The molecule has 0 saturated heterocycles. The van der Waals surface area contributed by atoms with E-state index in [4.69, 9.17) is 96.8 Å². The van der Waals surface area contributed by atoms with Gasteiger partial charge in [0, 0.05) is 0 Å². The van der Waals surface area contributed by atoms with Crippen LogP contribution in [0.3, 0.4) is 0 Å². The first-order valence-electron chi connectivity index (χ1n) is 4.24. The number of phosphoric acid groups is 4. The van der Waals surface area contributed by atoms with Gasteiger partial charge in [0.25, 0.3) is 0 Å². The van der Waals surface area contributed by atoms with E-state index in [2.05, 4.69) is 0 Å². The smallest absolute Gasteiger partial charge is 0.466 e. The van der Waals surface area contributed by atoms with Crippen LogP contribution in [0.2, 0.25) is 0 Å². The van der Waals surface area contributed by atoms with Crippen LogP contribution in [0.1, 0.15) is 0 Å². The van der Waals surface area contributed by atoms with Crippen LogP contribution in [0.4, 0.5) is 0 Å². The molecule has 0 rings (SSSR count). The van der Waals surface area contributed by atoms with E-state index in [9.17, 15) is 0 Å². The highest BCUT2D eigenvalue weighted by molar-refractivity contribution is 7.45. The fourth-order valence-corrected chi connectivity index (χ4v) is 0. The highest BCUT2D eigenvalue weighted by atomic mass is 31.2. The third-order valence-corrected chi connectivity index (χ3v) is 0.183. The number of hydrogen-bond donors (Lipinski definition) is 14. The van der Waals surface area contributed by atoms with Gasteiger partial charge in [0.05, 0.1) is 0 Å². The maximum absolute atomic E-state index is 9.10. The Morgan fingerprint density at radius 1 is 0.379 bits per heavy atom. The minimum absolute atomic E-state index is 0. The van der Waals surface area contributed by atoms with Crippen LogP contribution in [0.25, 0.3) is 0 Å². The molecule has 0 aromatic rings. The molecule has 0 radical (unpaired) electrons. The first-order valence-corrected chi connectivity index (χ1v) is 10.5. The zero-order valence-electron chi connectivity index (χ0n) is 11.5. The quantitative estimate of drug-likeness (QED) is 0.0720. The summed E-state index contributed by atoms with van der Waals surface area (Å²) < 4.78 is 35.5. The first kappa shape index (κ1) is 51.6. The molecule has 20 nitrogen and oxygen atoms in total. The third-order valence-electron chi connectivity index (χ3n) is 0.183. The van der Waals surface area contributed by atoms with Crippen molar-refractivity contribution in [3.05, 3.63) is 0 Å². The van der Waals surface area contributed by atoms with Crippen LogP contribution in [0, 0.1) is 0 Å². The molecule has 0 fully saturated rings. The zero-order valence-corrected chi connectivity index (χ0v) is 15.1. The summed E-state index contributed by atoms with van der Waals surface area (Å²) in [6.07, 6.45) is 0. The Bertz CT molecular complexity index is 451. The van der Waals surface area contributed by atoms with Crippen molar-refractivity contribution in [1.29, 1.82) is 0 Å². The van der Waals surface area contributed by atoms with Crippen molar-refractivity contribution in [3.63, 3.8) is 0 Å². The fourth-order valence-electron chi connectivity index (χ4n) is 0. The summed E-state index contributed by atoms with van der Waals surface area (Å²) in [5.74, 6) is -3.65. The van der Waals surface area contributed by atoms with Crippen LogP contribution in [0.5, 0.6) is 0 Å². The number of carboxylic acids is 2. The van der Waals surface area contributed by atoms with Crippen molar-refractivity contribution in [1.82, 2.24) is 0 Å². The van der Waals surface area contributed by atoms with Gasteiger partial charge in [-0.2, -0.15) is 0 Å². The first-order chi connectivity index (χ1) is 10.6. The van der Waals surface area contributed by atoms with Crippen LogP contribution in [-0.2, 0) is 27.8 Å². The van der Waals surface area contributed by atoms with E-state index in [1.807, 2.05) is 0 Å². The Balaban J connectivity index is -0.0000000309. The standard InChI is InChI=1S/C2H2O4.4H3O4P.3H4Si/c3-1(4)2(5)6;4*1-5(2,3)4;;;/h(H,3,4)(H,5,6);4*(H3,1,2,3,4);3*1H4. The Hall–Kier alpha value is 0.0306. The molecule has 0 aliphatic carbocycles. The van der Waals surface area contributed by atoms with Gasteiger partial charge in [-0.25, -0.2) is 27.8 Å². The molecule has 0 bridgehead atoms. The largest absolute Gasteiger partial charge is 0.473 e. The van der Waals surface area contributed by atoms with Crippen LogP contribution < -0.4 is 0 Å². The Labute approximate surface area is 173 Å². The summed E-state index contributed by atoms with van der Waals surface area (Å²) in [7, 11) is -18.6. The third kappa shape index (κ3) is 1170. The molecule has 0 aromatic heterocycles. The molecule has 186 valence electrons. The van der Waals surface area contributed by atoms with Crippen molar-refractivity contribution in [2.24, 2.45) is 0 Å². The van der Waals surface area contributed by atoms with Gasteiger partial charge >= 0.3 is 43.2 Å². The highest BCUT2D eigenvalue weighted by Crippen LogP contribution is 2.27. The van der Waals surface area contributed by atoms with Crippen molar-refractivity contribution >= 4 is 76.1 Å². The molecule has 0 heterocycles. The maximum Gasteiger partial charge on any atom is 0.466 e. The van der Waals surface area contributed by atoms with Crippen LogP contribution >= 0.6 is 31.3 Å². The van der Waals surface area contributed by atoms with Crippen molar-refractivity contribution < 1.29 is 96.8 Å². The lowest BCUT2D eigenvalue weighted by atomic mass is 10.7. The van der Waals surface area contributed by atoms with E-state index in [0.29, 0.717) is 0 Å². The fraction of sp³-hybridized carbons (Fsp3) is 0. The molecule has 0 unspecified atom stereocenters. The molecule has 27 heteroatoms. The maximum atomic E-state index is 9.10. The number of carboxylic acid groups (broad SMARTS) is 2. The Kier molecular flexibility index (Phi) is 40.4. The Morgan fingerprint density at radius 2 is 0.414 bits per heavy atom. The SMILES string of the molecule is O=C(O)C(=O)O.O=P(O)(O)O.O=P(O)(O)O.O=P(O)(O)O.O=P(O)(O)O.[SiH4].[SiH4].[SiH4]. The molecule has 29 heavy (non-hydrogen) atoms. The monoisotopic (exact) mass is 578 g/mol. The highest BCUT2D eigenvalue weighted by Gasteiger charge is 2.04. The molecule has 0 aromatic carbocycles. The van der Waals surface area contributed by atoms with E-state index in [1.165, 1.54) is 0 Å². The van der Waals surface area contributed by atoms with Crippen LogP contribution in [0.15, 0.2) is 0 Å². The van der Waals surface area contributed by atoms with E-state index in [1.54, 1.807) is 0 Å². The van der Waals surface area contributed by atoms with Crippen LogP contribution in [-0.4, -0.2) is 114 Å². The van der Waals surface area contributed by atoms with Gasteiger partial charge in [-0.15, -0.1) is 0 Å². The molecule has 0 amide bonds. The van der Waals surface area contributed by atoms with Gasteiger partial charge in [0.2, 0.25) is 0 Å². The van der Waals surface area contributed by atoms with E-state index >= 15 is 0 Å². The number of carbonyl (C=O) groups is 2.